The van der Waals surface area contributed by atoms with E-state index in [0.29, 0.717) is 6.42 Å². The lowest BCUT2D eigenvalue weighted by Crippen LogP contribution is -2.10. The Morgan fingerprint density at radius 1 is 1.00 bits per heavy atom. The van der Waals surface area contributed by atoms with Crippen molar-refractivity contribution in [2.75, 3.05) is 7.11 Å². The first-order chi connectivity index (χ1) is 14.2. The molecule has 0 aromatic heterocycles. The van der Waals surface area contributed by atoms with Gasteiger partial charge in [0.2, 0.25) is 0 Å². The molecule has 0 amide bonds. The van der Waals surface area contributed by atoms with Crippen LogP contribution in [-0.4, -0.2) is 19.3 Å². The van der Waals surface area contributed by atoms with Crippen molar-refractivity contribution >= 4 is 12.2 Å². The molecule has 0 aliphatic rings. The van der Waals surface area contributed by atoms with Gasteiger partial charge in [0.25, 0.3) is 0 Å². The monoisotopic (exact) mass is 386 g/mol. The Bertz CT molecular complexity index is 950. The molecule has 0 fully saturated rings. The molecule has 0 heterocycles. The second-order valence-corrected chi connectivity index (χ2v) is 7.03. The maximum atomic E-state index is 12.0. The van der Waals surface area contributed by atoms with Crippen LogP contribution in [0.4, 0.5) is 0 Å². The number of nitrogens with zero attached hydrogens (tertiary/aromatic N) is 1. The normalized spacial score (nSPS) is 12.0. The van der Waals surface area contributed by atoms with E-state index in [1.165, 1.54) is 23.8 Å². The largest absolute Gasteiger partial charge is 0.469 e. The van der Waals surface area contributed by atoms with Crippen LogP contribution in [0.1, 0.15) is 35.4 Å². The molecular weight excluding hydrogens is 360 g/mol. The van der Waals surface area contributed by atoms with Crippen LogP contribution in [0.15, 0.2) is 84.0 Å². The average molecular weight is 386 g/mol. The Hall–Kier alpha value is -3.40. The number of methoxy groups -OCH3 is 1. The van der Waals surface area contributed by atoms with Crippen LogP contribution in [0.5, 0.6) is 0 Å². The molecule has 0 radical (unpaired) electrons. The van der Waals surface area contributed by atoms with Crippen LogP contribution in [-0.2, 0) is 16.0 Å². The summed E-state index contributed by atoms with van der Waals surface area (Å²) in [4.78, 5) is 12.0. The van der Waals surface area contributed by atoms with Gasteiger partial charge in [-0.2, -0.15) is 5.10 Å². The fourth-order valence-electron chi connectivity index (χ4n) is 3.49. The first-order valence-electron chi connectivity index (χ1n) is 9.74. The Morgan fingerprint density at radius 3 is 2.41 bits per heavy atom. The van der Waals surface area contributed by atoms with Gasteiger partial charge >= 0.3 is 5.97 Å². The van der Waals surface area contributed by atoms with Crippen molar-refractivity contribution < 1.29 is 9.53 Å². The summed E-state index contributed by atoms with van der Waals surface area (Å²) in [7, 11) is 1.43. The molecule has 0 bridgehead atoms. The Kier molecular flexibility index (Phi) is 7.17. The lowest BCUT2D eigenvalue weighted by molar-refractivity contribution is -0.141. The Morgan fingerprint density at radius 2 is 1.72 bits per heavy atom. The molecule has 29 heavy (non-hydrogen) atoms. The number of nitrogens with two attached hydrogens (primary N) is 1. The van der Waals surface area contributed by atoms with E-state index in [1.54, 1.807) is 6.21 Å². The summed E-state index contributed by atoms with van der Waals surface area (Å²) >= 11 is 0. The number of carbonyl (C=O) groups is 1. The number of hydrogen-bond donors (Lipinski definition) is 1. The lowest BCUT2D eigenvalue weighted by atomic mass is 9.88. The van der Waals surface area contributed by atoms with E-state index in [9.17, 15) is 4.79 Å². The van der Waals surface area contributed by atoms with E-state index in [1.807, 2.05) is 42.5 Å². The number of rotatable bonds is 8. The molecule has 2 N–H and O–H groups in total. The number of hydrazone groups is 1. The molecule has 4 nitrogen and oxygen atoms in total. The average Bonchev–Trinajstić information content (AvgIpc) is 2.78. The quantitative estimate of drug-likeness (QED) is 0.258. The Balaban J connectivity index is 1.73. The molecule has 3 aromatic carbocycles. The molecular formula is C25H26N2O2. The molecule has 1 atom stereocenters. The zero-order valence-electron chi connectivity index (χ0n) is 16.6. The topological polar surface area (TPSA) is 64.7 Å². The maximum absolute atomic E-state index is 12.0. The fraction of sp³-hybridized carbons (Fsp3) is 0.200. The fourth-order valence-corrected chi connectivity index (χ4v) is 3.49. The van der Waals surface area contributed by atoms with Crippen molar-refractivity contribution in [2.45, 2.75) is 25.2 Å². The highest BCUT2D eigenvalue weighted by molar-refractivity contribution is 5.79. The summed E-state index contributed by atoms with van der Waals surface area (Å²) in [5.41, 5.74) is 5.68. The molecule has 0 saturated heterocycles. The molecule has 0 spiro atoms. The van der Waals surface area contributed by atoms with Gasteiger partial charge in [0.05, 0.1) is 19.7 Å². The number of aryl methyl sites for hydroxylation is 1. The van der Waals surface area contributed by atoms with Crippen LogP contribution in [0, 0.1) is 0 Å². The maximum Gasteiger partial charge on any atom is 0.306 e. The van der Waals surface area contributed by atoms with Gasteiger partial charge < -0.3 is 10.6 Å². The lowest BCUT2D eigenvalue weighted by Gasteiger charge is -2.17. The van der Waals surface area contributed by atoms with Gasteiger partial charge in [-0.3, -0.25) is 4.79 Å². The highest BCUT2D eigenvalue weighted by atomic mass is 16.5. The number of ether oxygens (including phenoxy) is 1. The van der Waals surface area contributed by atoms with Gasteiger partial charge in [-0.1, -0.05) is 72.8 Å². The van der Waals surface area contributed by atoms with Gasteiger partial charge in [0, 0.05) is 0 Å². The summed E-state index contributed by atoms with van der Waals surface area (Å²) in [6.07, 6.45) is 3.69. The van der Waals surface area contributed by atoms with Gasteiger partial charge in [-0.25, -0.2) is 0 Å². The van der Waals surface area contributed by atoms with Gasteiger partial charge in [0.15, 0.2) is 0 Å². The van der Waals surface area contributed by atoms with E-state index in [0.717, 1.165) is 24.0 Å². The third kappa shape index (κ3) is 5.79. The molecule has 0 saturated carbocycles. The number of hydrogen-bond acceptors (Lipinski definition) is 4. The third-order valence-corrected chi connectivity index (χ3v) is 5.09. The summed E-state index contributed by atoms with van der Waals surface area (Å²) in [5.74, 6) is 5.14. The van der Waals surface area contributed by atoms with Gasteiger partial charge in [0.1, 0.15) is 0 Å². The number of esters is 1. The predicted molar refractivity (Wildman–Crippen MR) is 118 cm³/mol. The summed E-state index contributed by atoms with van der Waals surface area (Å²) in [6, 6.07) is 26.9. The predicted octanol–water partition coefficient (Wildman–Crippen LogP) is 4.93. The van der Waals surface area contributed by atoms with Crippen molar-refractivity contribution in [3.63, 3.8) is 0 Å². The van der Waals surface area contributed by atoms with E-state index in [2.05, 4.69) is 41.5 Å². The van der Waals surface area contributed by atoms with E-state index in [4.69, 9.17) is 10.6 Å². The van der Waals surface area contributed by atoms with Crippen molar-refractivity contribution in [3.05, 3.63) is 95.6 Å². The van der Waals surface area contributed by atoms with Crippen LogP contribution in [0.2, 0.25) is 0 Å². The second-order valence-electron chi connectivity index (χ2n) is 7.03. The van der Waals surface area contributed by atoms with Crippen LogP contribution < -0.4 is 5.84 Å². The molecule has 3 aromatic rings. The molecule has 1 unspecified atom stereocenters. The van der Waals surface area contributed by atoms with Crippen LogP contribution >= 0.6 is 0 Å². The summed E-state index contributed by atoms with van der Waals surface area (Å²) in [5, 5.41) is 3.59. The highest BCUT2D eigenvalue weighted by Crippen LogP contribution is 2.27. The van der Waals surface area contributed by atoms with Crippen molar-refractivity contribution in [1.29, 1.82) is 0 Å². The van der Waals surface area contributed by atoms with E-state index in [-0.39, 0.29) is 11.9 Å². The zero-order valence-corrected chi connectivity index (χ0v) is 16.6. The summed E-state index contributed by atoms with van der Waals surface area (Å²) < 4.78 is 4.91. The van der Waals surface area contributed by atoms with Crippen LogP contribution in [0.25, 0.3) is 11.1 Å². The molecule has 0 aliphatic heterocycles. The van der Waals surface area contributed by atoms with E-state index >= 15 is 0 Å². The van der Waals surface area contributed by atoms with Crippen molar-refractivity contribution in [2.24, 2.45) is 10.9 Å². The molecule has 148 valence electrons. The minimum atomic E-state index is -0.202. The first kappa shape index (κ1) is 20.3. The minimum absolute atomic E-state index is 0.0716. The third-order valence-electron chi connectivity index (χ3n) is 5.09. The molecule has 4 heteroatoms. The van der Waals surface area contributed by atoms with Crippen molar-refractivity contribution in [1.82, 2.24) is 0 Å². The van der Waals surface area contributed by atoms with Crippen molar-refractivity contribution in [3.8, 4) is 11.1 Å². The second kappa shape index (κ2) is 10.2. The van der Waals surface area contributed by atoms with Crippen LogP contribution in [0.3, 0.4) is 0 Å². The minimum Gasteiger partial charge on any atom is -0.469 e. The number of benzene rings is 3. The van der Waals surface area contributed by atoms with Gasteiger partial charge in [-0.15, -0.1) is 0 Å². The molecule has 0 aliphatic carbocycles. The highest BCUT2D eigenvalue weighted by Gasteiger charge is 2.17. The zero-order chi connectivity index (χ0) is 20.5. The smallest absolute Gasteiger partial charge is 0.306 e. The SMILES string of the molecule is COC(=O)CC(CCc1ccc(-c2ccccc2)cc1)c1cccc(C=NN)c1. The molecule has 3 rings (SSSR count). The number of carbonyl (C=O) groups excluding carboxylic acids is 1. The Labute approximate surface area is 172 Å². The first-order valence-corrected chi connectivity index (χ1v) is 9.74. The standard InChI is InChI=1S/C25H26N2O2/c1-29-25(28)17-24(23-9-5-6-20(16-23)18-27-26)15-12-19-10-13-22(14-11-19)21-7-3-2-4-8-21/h2-11,13-14,16,18,24H,12,15,17,26H2,1H3. The van der Waals surface area contributed by atoms with E-state index < -0.39 is 0 Å². The van der Waals surface area contributed by atoms with Gasteiger partial charge in [-0.05, 0) is 52.6 Å². The summed E-state index contributed by atoms with van der Waals surface area (Å²) in [6.45, 7) is 0.